The lowest BCUT2D eigenvalue weighted by atomic mass is 10.1. The molecule has 2 N–H and O–H groups in total. The van der Waals surface area contributed by atoms with Crippen LogP contribution in [0.2, 0.25) is 0 Å². The van der Waals surface area contributed by atoms with E-state index in [2.05, 4.69) is 10.2 Å². The number of nitrogens with one attached hydrogen (secondary N) is 1. The van der Waals surface area contributed by atoms with Gasteiger partial charge in [0.15, 0.2) is 0 Å². The summed E-state index contributed by atoms with van der Waals surface area (Å²) in [6.07, 6.45) is -0.743. The van der Waals surface area contributed by atoms with E-state index in [0.717, 1.165) is 24.3 Å². The topological polar surface area (TPSA) is 87.9 Å². The zero-order valence-electron chi connectivity index (χ0n) is 13.8. The van der Waals surface area contributed by atoms with Crippen molar-refractivity contribution in [2.24, 2.45) is 0 Å². The first kappa shape index (κ1) is 17.2. The molecule has 25 heavy (non-hydrogen) atoms. The zero-order chi connectivity index (χ0) is 17.6. The minimum absolute atomic E-state index is 0.00253. The highest BCUT2D eigenvalue weighted by Gasteiger charge is 2.19. The van der Waals surface area contributed by atoms with Crippen LogP contribution >= 0.6 is 0 Å². The second-order valence-corrected chi connectivity index (χ2v) is 5.87. The third-order valence-corrected chi connectivity index (χ3v) is 4.22. The van der Waals surface area contributed by atoms with Crippen LogP contribution in [0, 0.1) is 10.1 Å². The Kier molecular flexibility index (Phi) is 5.47. The van der Waals surface area contributed by atoms with Crippen molar-refractivity contribution in [3.8, 4) is 0 Å². The SMILES string of the molecule is O=[N+]([O-])c1ccc(N2CCOCC2)cc1NCC(O)c1ccccc1. The van der Waals surface area contributed by atoms with Crippen molar-refractivity contribution in [2.75, 3.05) is 43.1 Å². The predicted octanol–water partition coefficient (Wildman–Crippen LogP) is 2.58. The number of nitro groups is 1. The quantitative estimate of drug-likeness (QED) is 0.619. The van der Waals surface area contributed by atoms with Crippen LogP contribution in [0.3, 0.4) is 0 Å². The molecule has 1 aliphatic rings. The molecule has 0 amide bonds. The van der Waals surface area contributed by atoms with Gasteiger partial charge in [-0.1, -0.05) is 30.3 Å². The summed E-state index contributed by atoms with van der Waals surface area (Å²) in [5, 5.41) is 24.6. The number of hydrogen-bond donors (Lipinski definition) is 2. The summed E-state index contributed by atoms with van der Waals surface area (Å²) < 4.78 is 5.34. The second kappa shape index (κ2) is 7.96. The van der Waals surface area contributed by atoms with Gasteiger partial charge in [-0.05, 0) is 17.7 Å². The summed E-state index contributed by atoms with van der Waals surface area (Å²) in [7, 11) is 0. The molecule has 132 valence electrons. The first-order chi connectivity index (χ1) is 12.1. The summed E-state index contributed by atoms with van der Waals surface area (Å²) in [6, 6.07) is 14.2. The van der Waals surface area contributed by atoms with Crippen LogP contribution in [0.5, 0.6) is 0 Å². The second-order valence-electron chi connectivity index (χ2n) is 5.87. The molecule has 1 saturated heterocycles. The Morgan fingerprint density at radius 2 is 1.92 bits per heavy atom. The van der Waals surface area contributed by atoms with E-state index >= 15 is 0 Å². The number of aliphatic hydroxyl groups is 1. The van der Waals surface area contributed by atoms with Gasteiger partial charge in [-0.2, -0.15) is 0 Å². The van der Waals surface area contributed by atoms with Crippen LogP contribution in [0.1, 0.15) is 11.7 Å². The molecule has 1 atom stereocenters. The van der Waals surface area contributed by atoms with E-state index in [9.17, 15) is 15.2 Å². The highest BCUT2D eigenvalue weighted by Crippen LogP contribution is 2.30. The lowest BCUT2D eigenvalue weighted by Gasteiger charge is -2.29. The average molecular weight is 343 g/mol. The third-order valence-electron chi connectivity index (χ3n) is 4.22. The molecule has 1 fully saturated rings. The highest BCUT2D eigenvalue weighted by molar-refractivity contribution is 5.69. The van der Waals surface area contributed by atoms with Crippen molar-refractivity contribution in [2.45, 2.75) is 6.10 Å². The molecule has 2 aromatic rings. The summed E-state index contributed by atoms with van der Waals surface area (Å²) in [5.41, 5.74) is 2.08. The first-order valence-corrected chi connectivity index (χ1v) is 8.23. The van der Waals surface area contributed by atoms with Gasteiger partial charge in [0.25, 0.3) is 5.69 Å². The molecule has 7 heteroatoms. The first-order valence-electron chi connectivity index (χ1n) is 8.23. The van der Waals surface area contributed by atoms with Gasteiger partial charge in [-0.25, -0.2) is 0 Å². The van der Waals surface area contributed by atoms with Gasteiger partial charge in [0.1, 0.15) is 5.69 Å². The minimum Gasteiger partial charge on any atom is -0.387 e. The van der Waals surface area contributed by atoms with Gasteiger partial charge in [0.2, 0.25) is 0 Å². The Hall–Kier alpha value is -2.64. The van der Waals surface area contributed by atoms with E-state index in [4.69, 9.17) is 4.74 Å². The number of rotatable bonds is 6. The molecule has 2 aromatic carbocycles. The Morgan fingerprint density at radius 3 is 2.60 bits per heavy atom. The van der Waals surface area contributed by atoms with E-state index in [1.165, 1.54) is 6.07 Å². The van der Waals surface area contributed by atoms with E-state index in [1.54, 1.807) is 12.1 Å². The van der Waals surface area contributed by atoms with Crippen LogP contribution in [0.25, 0.3) is 0 Å². The number of ether oxygens (including phenoxy) is 1. The smallest absolute Gasteiger partial charge is 0.292 e. The lowest BCUT2D eigenvalue weighted by Crippen LogP contribution is -2.36. The molecular weight excluding hydrogens is 322 g/mol. The molecule has 3 rings (SSSR count). The van der Waals surface area contributed by atoms with Gasteiger partial charge in [-0.3, -0.25) is 10.1 Å². The fourth-order valence-electron chi connectivity index (χ4n) is 2.84. The number of morpholine rings is 1. The number of benzene rings is 2. The van der Waals surface area contributed by atoms with E-state index < -0.39 is 11.0 Å². The average Bonchev–Trinajstić information content (AvgIpc) is 2.67. The molecule has 1 heterocycles. The zero-order valence-corrected chi connectivity index (χ0v) is 13.8. The Balaban J connectivity index is 1.76. The van der Waals surface area contributed by atoms with Gasteiger partial charge in [-0.15, -0.1) is 0 Å². The van der Waals surface area contributed by atoms with Gasteiger partial charge in [0, 0.05) is 31.4 Å². The Morgan fingerprint density at radius 1 is 1.20 bits per heavy atom. The molecule has 0 aliphatic carbocycles. The third kappa shape index (κ3) is 4.26. The van der Waals surface area contributed by atoms with E-state index in [1.807, 2.05) is 30.3 Å². The normalized spacial score (nSPS) is 15.6. The van der Waals surface area contributed by atoms with Crippen molar-refractivity contribution in [3.63, 3.8) is 0 Å². The van der Waals surface area contributed by atoms with Crippen LogP contribution in [0.15, 0.2) is 48.5 Å². The standard InChI is InChI=1S/C18H21N3O4/c22-18(14-4-2-1-3-5-14)13-19-16-12-15(6-7-17(16)21(23)24)20-8-10-25-11-9-20/h1-7,12,18-19,22H,8-11,13H2. The predicted molar refractivity (Wildman–Crippen MR) is 96.0 cm³/mol. The molecule has 0 saturated carbocycles. The van der Waals surface area contributed by atoms with Crippen LogP contribution in [0.4, 0.5) is 17.1 Å². The van der Waals surface area contributed by atoms with Gasteiger partial charge >= 0.3 is 0 Å². The number of nitrogens with zero attached hydrogens (tertiary/aromatic N) is 2. The number of hydrogen-bond acceptors (Lipinski definition) is 6. The maximum Gasteiger partial charge on any atom is 0.292 e. The lowest BCUT2D eigenvalue weighted by molar-refractivity contribution is -0.383. The fourth-order valence-corrected chi connectivity index (χ4v) is 2.84. The Labute approximate surface area is 146 Å². The monoisotopic (exact) mass is 343 g/mol. The van der Waals surface area contributed by atoms with Crippen molar-refractivity contribution < 1.29 is 14.8 Å². The molecule has 0 spiro atoms. The molecule has 0 aromatic heterocycles. The van der Waals surface area contributed by atoms with Gasteiger partial charge < -0.3 is 20.1 Å². The molecule has 1 aliphatic heterocycles. The summed E-state index contributed by atoms with van der Waals surface area (Å²) in [5.74, 6) is 0. The maximum absolute atomic E-state index is 11.3. The highest BCUT2D eigenvalue weighted by atomic mass is 16.6. The molecular formula is C18H21N3O4. The molecule has 7 nitrogen and oxygen atoms in total. The van der Waals surface area contributed by atoms with Crippen LogP contribution in [-0.4, -0.2) is 42.9 Å². The number of aliphatic hydroxyl groups excluding tert-OH is 1. The fraction of sp³-hybridized carbons (Fsp3) is 0.333. The summed E-state index contributed by atoms with van der Waals surface area (Å²) in [6.45, 7) is 2.99. The van der Waals surface area contributed by atoms with E-state index in [0.29, 0.717) is 18.9 Å². The number of nitro benzene ring substituents is 1. The van der Waals surface area contributed by atoms with Crippen molar-refractivity contribution in [1.82, 2.24) is 0 Å². The summed E-state index contributed by atoms with van der Waals surface area (Å²) in [4.78, 5) is 13.0. The Bertz CT molecular complexity index is 718. The van der Waals surface area contributed by atoms with Crippen molar-refractivity contribution in [1.29, 1.82) is 0 Å². The molecule has 0 bridgehead atoms. The summed E-state index contributed by atoms with van der Waals surface area (Å²) >= 11 is 0. The van der Waals surface area contributed by atoms with Crippen LogP contribution in [-0.2, 0) is 4.74 Å². The molecule has 0 radical (unpaired) electrons. The maximum atomic E-state index is 11.3. The number of anilines is 2. The van der Waals surface area contributed by atoms with Crippen molar-refractivity contribution >= 4 is 17.1 Å². The van der Waals surface area contributed by atoms with Crippen molar-refractivity contribution in [3.05, 3.63) is 64.2 Å². The van der Waals surface area contributed by atoms with Crippen LogP contribution < -0.4 is 10.2 Å². The molecule has 1 unspecified atom stereocenters. The van der Waals surface area contributed by atoms with Gasteiger partial charge in [0.05, 0.1) is 24.2 Å². The van der Waals surface area contributed by atoms with E-state index in [-0.39, 0.29) is 12.2 Å². The largest absolute Gasteiger partial charge is 0.387 e. The minimum atomic E-state index is -0.743.